The zero-order valence-electron chi connectivity index (χ0n) is 24.3. The smallest absolute Gasteiger partial charge is 0.410 e. The third-order valence-electron chi connectivity index (χ3n) is 8.17. The van der Waals surface area contributed by atoms with E-state index in [1.807, 2.05) is 14.0 Å². The molecule has 10 nitrogen and oxygen atoms in total. The van der Waals surface area contributed by atoms with Crippen molar-refractivity contribution in [3.8, 4) is 11.9 Å². The Hall–Kier alpha value is -2.88. The maximum absolute atomic E-state index is 15.6. The number of hydrogen-bond donors (Lipinski definition) is 1. The molecule has 226 valence electrons. The summed E-state index contributed by atoms with van der Waals surface area (Å²) in [5.41, 5.74) is -0.312. The maximum Gasteiger partial charge on any atom is 0.410 e. The largest absolute Gasteiger partial charge is 0.471 e. The van der Waals surface area contributed by atoms with Gasteiger partial charge in [0.25, 0.3) is 0 Å². The average molecular weight is 666 g/mol. The Morgan fingerprint density at radius 1 is 1.36 bits per heavy atom. The second-order valence-electron chi connectivity index (χ2n) is 12.2. The summed E-state index contributed by atoms with van der Waals surface area (Å²) in [6.07, 6.45) is 2.06. The molecule has 0 unspecified atom stereocenters. The van der Waals surface area contributed by atoms with Crippen molar-refractivity contribution in [3.05, 3.63) is 31.9 Å². The van der Waals surface area contributed by atoms with Crippen LogP contribution in [0.5, 0.6) is 5.88 Å². The molecule has 0 bridgehead atoms. The molecular formula is C29H35BrClFN6O4. The summed E-state index contributed by atoms with van der Waals surface area (Å²) >= 11 is 9.61. The number of rotatable bonds is 5. The topological polar surface area (TPSA) is 116 Å². The number of nitrogens with zero attached hydrogens (tertiary/aromatic N) is 5. The molecule has 0 spiro atoms. The number of amides is 1. The molecule has 1 N–H and O–H groups in total. The molecule has 2 aliphatic heterocycles. The number of fused-ring (bicyclic) bond motifs is 3. The van der Waals surface area contributed by atoms with Crippen LogP contribution in [0.3, 0.4) is 0 Å². The van der Waals surface area contributed by atoms with E-state index in [1.165, 1.54) is 0 Å². The quantitative estimate of drug-likeness (QED) is 0.325. The van der Waals surface area contributed by atoms with Gasteiger partial charge in [0.2, 0.25) is 5.88 Å². The van der Waals surface area contributed by atoms with Gasteiger partial charge in [-0.1, -0.05) is 11.6 Å². The van der Waals surface area contributed by atoms with E-state index in [9.17, 15) is 14.9 Å². The van der Waals surface area contributed by atoms with Gasteiger partial charge in [0.05, 0.1) is 27.5 Å². The number of pyridine rings is 1. The van der Waals surface area contributed by atoms with Crippen LogP contribution in [0.4, 0.5) is 9.18 Å². The molecule has 4 heterocycles. The van der Waals surface area contributed by atoms with E-state index >= 15 is 4.39 Å². The van der Waals surface area contributed by atoms with Crippen molar-refractivity contribution in [2.75, 3.05) is 20.1 Å². The fourth-order valence-corrected chi connectivity index (χ4v) is 6.74. The van der Waals surface area contributed by atoms with Crippen molar-refractivity contribution in [1.82, 2.24) is 24.3 Å². The van der Waals surface area contributed by atoms with Crippen molar-refractivity contribution in [2.24, 2.45) is 0 Å². The van der Waals surface area contributed by atoms with Gasteiger partial charge in [0.15, 0.2) is 5.82 Å². The van der Waals surface area contributed by atoms with Crippen molar-refractivity contribution in [1.29, 1.82) is 5.26 Å². The van der Waals surface area contributed by atoms with Crippen LogP contribution in [0.15, 0.2) is 15.3 Å². The van der Waals surface area contributed by atoms with Crippen molar-refractivity contribution in [3.63, 3.8) is 0 Å². The van der Waals surface area contributed by atoms with Crippen LogP contribution in [0.25, 0.3) is 21.9 Å². The standard InChI is InChI=1S/C29H35BrClFN6O4/c1-15(20-7-6-11-36(20)5)41-26-24-25(18-14-19(31)21(30)22(32)23(18)34-26)38(27(39)35-24)17-9-12-37(16(13-17)8-10-33)28(40)42-29(2,3)4/h14-17,20H,6-9,11-13H2,1-5H3,(H,35,39)/t15-,16+,17-,20-/m0/s1. The number of halogens is 3. The van der Waals surface area contributed by atoms with Crippen LogP contribution in [0, 0.1) is 17.1 Å². The van der Waals surface area contributed by atoms with E-state index in [0.717, 1.165) is 19.4 Å². The Kier molecular flexibility index (Phi) is 8.49. The molecule has 1 amide bonds. The fraction of sp³-hybridized carbons (Fsp3) is 0.586. The SMILES string of the molecule is C[C@H](Oc1nc2c(F)c(Br)c(Cl)cc2c2c1[nH]c(=O)n2[C@H]1CCN(C(=O)OC(C)(C)C)[C@H](CC#N)C1)[C@@H]1CCCN1C. The highest BCUT2D eigenvalue weighted by atomic mass is 79.9. The summed E-state index contributed by atoms with van der Waals surface area (Å²) in [6.45, 7) is 8.55. The highest BCUT2D eigenvalue weighted by Gasteiger charge is 2.37. The summed E-state index contributed by atoms with van der Waals surface area (Å²) in [5, 5.41) is 10.1. The summed E-state index contributed by atoms with van der Waals surface area (Å²) in [7, 11) is 2.04. The zero-order valence-corrected chi connectivity index (χ0v) is 26.7. The first-order chi connectivity index (χ1) is 19.8. The van der Waals surface area contributed by atoms with Gasteiger partial charge in [0, 0.05) is 30.1 Å². The Balaban J connectivity index is 1.62. The molecule has 2 aliphatic rings. The number of hydrogen-bond acceptors (Lipinski definition) is 7. The molecule has 0 radical (unpaired) electrons. The number of carbonyl (C=O) groups excluding carboxylic acids is 1. The summed E-state index contributed by atoms with van der Waals surface area (Å²) < 4.78 is 29.2. The zero-order chi connectivity index (χ0) is 30.5. The van der Waals surface area contributed by atoms with Crippen LogP contribution in [-0.2, 0) is 4.74 Å². The number of aromatic nitrogens is 3. The molecule has 13 heteroatoms. The first-order valence-corrected chi connectivity index (χ1v) is 15.3. The van der Waals surface area contributed by atoms with Gasteiger partial charge in [-0.15, -0.1) is 0 Å². The van der Waals surface area contributed by atoms with E-state index in [2.05, 4.69) is 36.9 Å². The van der Waals surface area contributed by atoms with E-state index in [1.54, 1.807) is 36.3 Å². The maximum atomic E-state index is 15.6. The van der Waals surface area contributed by atoms with Crippen LogP contribution in [-0.4, -0.2) is 74.4 Å². The van der Waals surface area contributed by atoms with Gasteiger partial charge in [-0.05, 0) is 89.0 Å². The number of nitriles is 1. The minimum Gasteiger partial charge on any atom is -0.471 e. The van der Waals surface area contributed by atoms with Crippen LogP contribution >= 0.6 is 27.5 Å². The molecule has 2 fully saturated rings. The number of likely N-dealkylation sites (tertiary alicyclic amines) is 2. The van der Waals surface area contributed by atoms with E-state index in [-0.39, 0.29) is 46.0 Å². The average Bonchev–Trinajstić information content (AvgIpc) is 3.50. The van der Waals surface area contributed by atoms with E-state index < -0.39 is 35.3 Å². The number of aromatic amines is 1. The molecule has 4 atom stereocenters. The van der Waals surface area contributed by atoms with E-state index in [0.29, 0.717) is 29.3 Å². The predicted octanol–water partition coefficient (Wildman–Crippen LogP) is 6.15. The molecule has 3 aromatic rings. The summed E-state index contributed by atoms with van der Waals surface area (Å²) in [6, 6.07) is 3.03. The van der Waals surface area contributed by atoms with Crippen molar-refractivity contribution >= 4 is 55.6 Å². The van der Waals surface area contributed by atoms with Crippen molar-refractivity contribution < 1.29 is 18.7 Å². The second-order valence-corrected chi connectivity index (χ2v) is 13.4. The molecule has 1 aromatic carbocycles. The molecule has 0 aliphatic carbocycles. The van der Waals surface area contributed by atoms with Gasteiger partial charge in [-0.25, -0.2) is 19.0 Å². The molecule has 2 aromatic heterocycles. The van der Waals surface area contributed by atoms with Crippen LogP contribution in [0.2, 0.25) is 5.02 Å². The lowest BCUT2D eigenvalue weighted by Crippen LogP contribution is -2.49. The summed E-state index contributed by atoms with van der Waals surface area (Å²) in [5.74, 6) is -0.522. The Bertz CT molecular complexity index is 1630. The number of likely N-dealkylation sites (N-methyl/N-ethyl adjacent to an activating group) is 1. The lowest BCUT2D eigenvalue weighted by atomic mass is 9.95. The first-order valence-electron chi connectivity index (χ1n) is 14.2. The summed E-state index contributed by atoms with van der Waals surface area (Å²) in [4.78, 5) is 37.9. The molecule has 2 saturated heterocycles. The second kappa shape index (κ2) is 11.7. The molecule has 5 rings (SSSR count). The highest BCUT2D eigenvalue weighted by molar-refractivity contribution is 9.10. The first kappa shape index (κ1) is 30.6. The van der Waals surface area contributed by atoms with Crippen LogP contribution in [0.1, 0.15) is 65.8 Å². The highest BCUT2D eigenvalue weighted by Crippen LogP contribution is 2.40. The number of H-pyrrole nitrogens is 1. The normalized spacial score (nSPS) is 22.5. The number of ether oxygens (including phenoxy) is 2. The molecule has 42 heavy (non-hydrogen) atoms. The monoisotopic (exact) mass is 664 g/mol. The number of imidazole rings is 1. The third kappa shape index (κ3) is 5.71. The number of carbonyl (C=O) groups is 1. The number of benzene rings is 1. The van der Waals surface area contributed by atoms with Gasteiger partial charge < -0.3 is 19.4 Å². The number of nitrogens with one attached hydrogen (secondary N) is 1. The van der Waals surface area contributed by atoms with E-state index in [4.69, 9.17) is 21.1 Å². The van der Waals surface area contributed by atoms with Gasteiger partial charge in [-0.3, -0.25) is 9.47 Å². The Labute approximate surface area is 256 Å². The fourth-order valence-electron chi connectivity index (χ4n) is 6.24. The third-order valence-corrected chi connectivity index (χ3v) is 9.47. The number of piperidine rings is 1. The predicted molar refractivity (Wildman–Crippen MR) is 161 cm³/mol. The minimum atomic E-state index is -0.691. The molecule has 0 saturated carbocycles. The minimum absolute atomic E-state index is 0.0215. The Morgan fingerprint density at radius 2 is 2.10 bits per heavy atom. The van der Waals surface area contributed by atoms with Crippen LogP contribution < -0.4 is 10.4 Å². The Morgan fingerprint density at radius 3 is 2.74 bits per heavy atom. The lowest BCUT2D eigenvalue weighted by molar-refractivity contribution is 0.00606. The van der Waals surface area contributed by atoms with Gasteiger partial charge in [-0.2, -0.15) is 5.26 Å². The van der Waals surface area contributed by atoms with Crippen molar-refractivity contribution in [2.45, 2.75) is 89.6 Å². The molecular weight excluding hydrogens is 631 g/mol. The van der Waals surface area contributed by atoms with Gasteiger partial charge >= 0.3 is 11.8 Å². The lowest BCUT2D eigenvalue weighted by Gasteiger charge is -2.39. The van der Waals surface area contributed by atoms with Gasteiger partial charge in [0.1, 0.15) is 22.7 Å².